The summed E-state index contributed by atoms with van der Waals surface area (Å²) in [6, 6.07) is 22.5. The highest BCUT2D eigenvalue weighted by molar-refractivity contribution is 7.89. The number of amidine groups is 1. The fourth-order valence-electron chi connectivity index (χ4n) is 4.36. The third-order valence-electron chi connectivity index (χ3n) is 5.87. The van der Waals surface area contributed by atoms with Gasteiger partial charge in [-0.05, 0) is 48.7 Å². The number of nitrogens with two attached hydrogens (primary N) is 2. The number of nitrogens with zero attached hydrogens (tertiary/aromatic N) is 2. The molecule has 0 aromatic heterocycles. The summed E-state index contributed by atoms with van der Waals surface area (Å²) in [5, 5.41) is 17.6. The monoisotopic (exact) mass is 450 g/mol. The summed E-state index contributed by atoms with van der Waals surface area (Å²) in [4.78, 5) is 2.38. The molecule has 0 heterocycles. The lowest BCUT2D eigenvalue weighted by atomic mass is 10.0. The highest BCUT2D eigenvalue weighted by atomic mass is 32.2. The summed E-state index contributed by atoms with van der Waals surface area (Å²) in [7, 11) is -3.83. The molecule has 0 spiro atoms. The van der Waals surface area contributed by atoms with Crippen molar-refractivity contribution in [1.29, 1.82) is 0 Å². The Morgan fingerprint density at radius 2 is 1.62 bits per heavy atom. The van der Waals surface area contributed by atoms with Gasteiger partial charge >= 0.3 is 0 Å². The molecule has 32 heavy (non-hydrogen) atoms. The van der Waals surface area contributed by atoms with Gasteiger partial charge in [-0.15, -0.1) is 0 Å². The number of sulfonamides is 1. The van der Waals surface area contributed by atoms with Crippen molar-refractivity contribution in [2.45, 2.75) is 36.6 Å². The summed E-state index contributed by atoms with van der Waals surface area (Å²) in [6.07, 6.45) is 4.48. The second-order valence-corrected chi connectivity index (χ2v) is 9.46. The van der Waals surface area contributed by atoms with E-state index < -0.39 is 10.0 Å². The first-order valence-corrected chi connectivity index (χ1v) is 12.0. The van der Waals surface area contributed by atoms with Crippen LogP contribution in [-0.2, 0) is 10.0 Å². The molecule has 0 atom stereocenters. The minimum absolute atomic E-state index is 0.0631. The molecule has 0 unspecified atom stereocenters. The third kappa shape index (κ3) is 4.46. The summed E-state index contributed by atoms with van der Waals surface area (Å²) in [6.45, 7) is 0. The third-order valence-corrected chi connectivity index (χ3v) is 6.84. The van der Waals surface area contributed by atoms with E-state index in [2.05, 4.69) is 10.1 Å². The van der Waals surface area contributed by atoms with Crippen molar-refractivity contribution >= 4 is 27.2 Å². The van der Waals surface area contributed by atoms with Crippen LogP contribution in [0.1, 0.15) is 31.2 Å². The smallest absolute Gasteiger partial charge is 0.238 e. The van der Waals surface area contributed by atoms with Gasteiger partial charge < -0.3 is 15.8 Å². The van der Waals surface area contributed by atoms with Crippen LogP contribution in [0.3, 0.4) is 0 Å². The standard InChI is InChI=1S/C24H26N4O3S/c25-24(27-29)18-6-5-9-21(16-18)28(19-7-1-2-8-19)20-14-12-17(13-15-20)22-10-3-4-11-23(22)32(26,30)31/h3-6,9-16,19,29H,1-2,7-8H2,(H2,25,27)(H2,26,30,31). The number of primary sulfonamides is 1. The molecule has 0 aliphatic heterocycles. The summed E-state index contributed by atoms with van der Waals surface area (Å²) < 4.78 is 24.0. The average molecular weight is 451 g/mol. The maximum atomic E-state index is 12.0. The van der Waals surface area contributed by atoms with E-state index in [1.54, 1.807) is 24.3 Å². The van der Waals surface area contributed by atoms with Gasteiger partial charge in [-0.3, -0.25) is 0 Å². The highest BCUT2D eigenvalue weighted by Crippen LogP contribution is 2.37. The normalized spacial score (nSPS) is 15.1. The van der Waals surface area contributed by atoms with Crippen molar-refractivity contribution in [2.24, 2.45) is 16.0 Å². The van der Waals surface area contributed by atoms with Crippen LogP contribution in [0.5, 0.6) is 0 Å². The molecule has 0 bridgehead atoms. The van der Waals surface area contributed by atoms with Crippen LogP contribution in [-0.4, -0.2) is 25.5 Å². The van der Waals surface area contributed by atoms with Gasteiger partial charge in [0.15, 0.2) is 5.84 Å². The van der Waals surface area contributed by atoms with E-state index in [1.165, 1.54) is 18.9 Å². The van der Waals surface area contributed by atoms with Crippen molar-refractivity contribution in [3.63, 3.8) is 0 Å². The quantitative estimate of drug-likeness (QED) is 0.225. The van der Waals surface area contributed by atoms with E-state index in [-0.39, 0.29) is 10.7 Å². The van der Waals surface area contributed by atoms with E-state index >= 15 is 0 Å². The van der Waals surface area contributed by atoms with Gasteiger partial charge in [-0.1, -0.05) is 60.5 Å². The zero-order valence-electron chi connectivity index (χ0n) is 17.6. The van der Waals surface area contributed by atoms with Gasteiger partial charge in [0.05, 0.1) is 4.90 Å². The van der Waals surface area contributed by atoms with Crippen molar-refractivity contribution in [1.82, 2.24) is 0 Å². The van der Waals surface area contributed by atoms with Gasteiger partial charge in [-0.2, -0.15) is 0 Å². The lowest BCUT2D eigenvalue weighted by molar-refractivity contribution is 0.318. The Hall–Kier alpha value is -3.36. The van der Waals surface area contributed by atoms with Gasteiger partial charge in [-0.25, -0.2) is 13.6 Å². The Kier molecular flexibility index (Phi) is 6.16. The first kappa shape index (κ1) is 21.9. The van der Waals surface area contributed by atoms with Crippen LogP contribution >= 0.6 is 0 Å². The summed E-state index contributed by atoms with van der Waals surface area (Å²) >= 11 is 0. The van der Waals surface area contributed by atoms with Crippen molar-refractivity contribution in [2.75, 3.05) is 4.90 Å². The Morgan fingerprint density at radius 1 is 0.938 bits per heavy atom. The van der Waals surface area contributed by atoms with E-state index in [4.69, 9.17) is 16.1 Å². The number of anilines is 2. The Bertz CT molecular complexity index is 1230. The molecule has 0 saturated heterocycles. The van der Waals surface area contributed by atoms with Crippen LogP contribution < -0.4 is 15.8 Å². The molecule has 1 fully saturated rings. The lowest BCUT2D eigenvalue weighted by Gasteiger charge is -2.32. The Balaban J connectivity index is 1.75. The first-order valence-electron chi connectivity index (χ1n) is 10.5. The SMILES string of the molecule is N/C(=N\O)c1cccc(N(c2ccc(-c3ccccc3S(N)(=O)=O)cc2)C2CCCC2)c1. The maximum absolute atomic E-state index is 12.0. The molecule has 0 amide bonds. The number of rotatable bonds is 6. The Morgan fingerprint density at radius 3 is 2.28 bits per heavy atom. The molecule has 5 N–H and O–H groups in total. The molecule has 4 rings (SSSR count). The van der Waals surface area contributed by atoms with Crippen molar-refractivity contribution in [3.05, 3.63) is 78.4 Å². The fourth-order valence-corrected chi connectivity index (χ4v) is 5.12. The zero-order chi connectivity index (χ0) is 22.7. The van der Waals surface area contributed by atoms with E-state index in [1.807, 2.05) is 42.5 Å². The van der Waals surface area contributed by atoms with Crippen LogP contribution in [0, 0.1) is 0 Å². The van der Waals surface area contributed by atoms with Crippen LogP contribution in [0.15, 0.2) is 82.8 Å². The number of oxime groups is 1. The molecular formula is C24H26N4O3S. The van der Waals surface area contributed by atoms with Gasteiger partial charge in [0, 0.05) is 28.5 Å². The Labute approximate surface area is 188 Å². The van der Waals surface area contributed by atoms with Gasteiger partial charge in [0.2, 0.25) is 10.0 Å². The fraction of sp³-hybridized carbons (Fsp3) is 0.208. The molecular weight excluding hydrogens is 424 g/mol. The molecule has 3 aromatic carbocycles. The number of hydrogen-bond donors (Lipinski definition) is 3. The zero-order valence-corrected chi connectivity index (χ0v) is 18.4. The predicted molar refractivity (Wildman–Crippen MR) is 127 cm³/mol. The molecule has 1 aliphatic carbocycles. The molecule has 7 nitrogen and oxygen atoms in total. The van der Waals surface area contributed by atoms with E-state index in [0.717, 1.165) is 29.8 Å². The van der Waals surface area contributed by atoms with E-state index in [0.29, 0.717) is 17.2 Å². The lowest BCUT2D eigenvalue weighted by Crippen LogP contribution is -2.28. The second kappa shape index (κ2) is 9.02. The summed E-state index contributed by atoms with van der Waals surface area (Å²) in [5.74, 6) is 0.0631. The highest BCUT2D eigenvalue weighted by Gasteiger charge is 2.25. The second-order valence-electron chi connectivity index (χ2n) is 7.93. The number of benzene rings is 3. The molecule has 1 saturated carbocycles. The number of hydrogen-bond acceptors (Lipinski definition) is 5. The van der Waals surface area contributed by atoms with Gasteiger partial charge in [0.25, 0.3) is 0 Å². The van der Waals surface area contributed by atoms with Crippen LogP contribution in [0.4, 0.5) is 11.4 Å². The van der Waals surface area contributed by atoms with Crippen LogP contribution in [0.25, 0.3) is 11.1 Å². The molecule has 3 aromatic rings. The molecule has 166 valence electrons. The molecule has 0 radical (unpaired) electrons. The van der Waals surface area contributed by atoms with Crippen LogP contribution in [0.2, 0.25) is 0 Å². The van der Waals surface area contributed by atoms with E-state index in [9.17, 15) is 8.42 Å². The minimum atomic E-state index is -3.83. The molecule has 1 aliphatic rings. The maximum Gasteiger partial charge on any atom is 0.238 e. The largest absolute Gasteiger partial charge is 0.409 e. The minimum Gasteiger partial charge on any atom is -0.409 e. The summed E-state index contributed by atoms with van der Waals surface area (Å²) in [5.41, 5.74) is 9.75. The topological polar surface area (TPSA) is 122 Å². The first-order chi connectivity index (χ1) is 15.4. The van der Waals surface area contributed by atoms with Crippen molar-refractivity contribution < 1.29 is 13.6 Å². The van der Waals surface area contributed by atoms with Gasteiger partial charge in [0.1, 0.15) is 0 Å². The van der Waals surface area contributed by atoms with Crippen molar-refractivity contribution in [3.8, 4) is 11.1 Å². The average Bonchev–Trinajstić information content (AvgIpc) is 3.33. The molecule has 8 heteroatoms. The predicted octanol–water partition coefficient (Wildman–Crippen LogP) is 4.18.